The van der Waals surface area contributed by atoms with Crippen molar-refractivity contribution >= 4 is 27.3 Å². The number of aryl methyl sites for hydroxylation is 5. The highest BCUT2D eigenvalue weighted by molar-refractivity contribution is 7.93. The number of ether oxygens (including phenoxy) is 1. The predicted molar refractivity (Wildman–Crippen MR) is 148 cm³/mol. The number of imidazole rings is 1. The Kier molecular flexibility index (Phi) is 7.17. The Morgan fingerprint density at radius 3 is 2.44 bits per heavy atom. The van der Waals surface area contributed by atoms with Crippen LogP contribution in [0.2, 0.25) is 0 Å². The standard InChI is InChI=1S/C28H31N5O5S/c1-17-11-22(30-26(34)7-9-33-10-8-29-16-33)12-18(2)28(17)37-24-14-21(27-19(3)31-38-20(27)4)13-23(15-24)32-39(35,36)25-5-6-25/h8,10-16,25,32H,5-7,9H2,1-4H3,(H,30,34). The summed E-state index contributed by atoms with van der Waals surface area (Å²) >= 11 is 0. The molecule has 0 unspecified atom stereocenters. The van der Waals surface area contributed by atoms with Gasteiger partial charge >= 0.3 is 0 Å². The van der Waals surface area contributed by atoms with Gasteiger partial charge in [-0.2, -0.15) is 0 Å². The van der Waals surface area contributed by atoms with E-state index in [-0.39, 0.29) is 11.2 Å². The molecule has 2 aromatic carbocycles. The number of benzene rings is 2. The molecule has 2 N–H and O–H groups in total. The summed E-state index contributed by atoms with van der Waals surface area (Å²) in [5.74, 6) is 1.61. The summed E-state index contributed by atoms with van der Waals surface area (Å²) in [4.78, 5) is 16.5. The third kappa shape index (κ3) is 6.14. The molecule has 1 aliphatic carbocycles. The van der Waals surface area contributed by atoms with Gasteiger partial charge in [0.1, 0.15) is 17.3 Å². The van der Waals surface area contributed by atoms with E-state index in [4.69, 9.17) is 9.26 Å². The second-order valence-electron chi connectivity index (χ2n) is 9.93. The summed E-state index contributed by atoms with van der Waals surface area (Å²) in [5.41, 5.74) is 4.94. The smallest absolute Gasteiger partial charge is 0.235 e. The van der Waals surface area contributed by atoms with E-state index in [1.807, 2.05) is 56.7 Å². The molecule has 2 heterocycles. The van der Waals surface area contributed by atoms with Gasteiger partial charge in [-0.1, -0.05) is 5.16 Å². The van der Waals surface area contributed by atoms with E-state index in [0.29, 0.717) is 60.1 Å². The van der Waals surface area contributed by atoms with Gasteiger partial charge in [0.15, 0.2) is 0 Å². The minimum absolute atomic E-state index is 0.101. The van der Waals surface area contributed by atoms with Gasteiger partial charge in [-0.25, -0.2) is 13.4 Å². The van der Waals surface area contributed by atoms with E-state index >= 15 is 0 Å². The lowest BCUT2D eigenvalue weighted by atomic mass is 10.0. The number of nitrogens with one attached hydrogen (secondary N) is 2. The van der Waals surface area contributed by atoms with Crippen molar-refractivity contribution in [2.24, 2.45) is 0 Å². The lowest BCUT2D eigenvalue weighted by Crippen LogP contribution is -2.17. The Morgan fingerprint density at radius 1 is 1.08 bits per heavy atom. The monoisotopic (exact) mass is 549 g/mol. The lowest BCUT2D eigenvalue weighted by Gasteiger charge is -2.17. The van der Waals surface area contributed by atoms with E-state index in [9.17, 15) is 13.2 Å². The average molecular weight is 550 g/mol. The van der Waals surface area contributed by atoms with Crippen molar-refractivity contribution in [3.63, 3.8) is 0 Å². The number of anilines is 2. The fourth-order valence-electron chi connectivity index (χ4n) is 4.56. The molecule has 5 rings (SSSR count). The van der Waals surface area contributed by atoms with Crippen LogP contribution in [0.15, 0.2) is 53.6 Å². The van der Waals surface area contributed by atoms with Crippen molar-refractivity contribution < 1.29 is 22.5 Å². The van der Waals surface area contributed by atoms with Gasteiger partial charge in [-0.3, -0.25) is 9.52 Å². The highest BCUT2D eigenvalue weighted by Crippen LogP contribution is 2.38. The molecule has 39 heavy (non-hydrogen) atoms. The van der Waals surface area contributed by atoms with E-state index in [1.165, 1.54) is 0 Å². The van der Waals surface area contributed by atoms with Gasteiger partial charge in [0.25, 0.3) is 0 Å². The van der Waals surface area contributed by atoms with Crippen molar-refractivity contribution in [3.8, 4) is 22.6 Å². The number of sulfonamides is 1. The molecule has 4 aromatic rings. The number of aromatic nitrogens is 3. The van der Waals surface area contributed by atoms with Gasteiger partial charge in [0, 0.05) is 42.7 Å². The Bertz CT molecular complexity index is 1580. The average Bonchev–Trinajstić information content (AvgIpc) is 3.51. The second-order valence-corrected chi connectivity index (χ2v) is 11.9. The van der Waals surface area contributed by atoms with Crippen LogP contribution >= 0.6 is 0 Å². The van der Waals surface area contributed by atoms with Crippen LogP contribution < -0.4 is 14.8 Å². The Hall–Kier alpha value is -4.12. The maximum atomic E-state index is 12.7. The Balaban J connectivity index is 1.40. The zero-order chi connectivity index (χ0) is 27.7. The SMILES string of the molecule is Cc1cc(NC(=O)CCn2ccnc2)cc(C)c1Oc1cc(NS(=O)(=O)C2CC2)cc(-c2c(C)noc2C)c1. The van der Waals surface area contributed by atoms with Gasteiger partial charge in [-0.15, -0.1) is 0 Å². The largest absolute Gasteiger partial charge is 0.457 e. The number of carbonyl (C=O) groups excluding carboxylic acids is 1. The highest BCUT2D eigenvalue weighted by atomic mass is 32.2. The molecular formula is C28H31N5O5S. The molecule has 0 radical (unpaired) electrons. The van der Waals surface area contributed by atoms with Crippen LogP contribution in [-0.2, 0) is 21.4 Å². The van der Waals surface area contributed by atoms with E-state index in [2.05, 4.69) is 20.2 Å². The van der Waals surface area contributed by atoms with E-state index in [0.717, 1.165) is 22.3 Å². The summed E-state index contributed by atoms with van der Waals surface area (Å²) in [5, 5.41) is 6.63. The second kappa shape index (κ2) is 10.6. The van der Waals surface area contributed by atoms with Gasteiger partial charge in [-0.05, 0) is 81.5 Å². The first-order valence-electron chi connectivity index (χ1n) is 12.7. The quantitative estimate of drug-likeness (QED) is 0.267. The fourth-order valence-corrected chi connectivity index (χ4v) is 5.93. The van der Waals surface area contributed by atoms with Crippen molar-refractivity contribution in [2.45, 2.75) is 58.8 Å². The maximum Gasteiger partial charge on any atom is 0.235 e. The zero-order valence-corrected chi connectivity index (χ0v) is 23.1. The molecule has 204 valence electrons. The summed E-state index contributed by atoms with van der Waals surface area (Å²) in [6, 6.07) is 8.98. The Morgan fingerprint density at radius 2 is 1.82 bits per heavy atom. The first-order chi connectivity index (χ1) is 18.6. The number of rotatable bonds is 10. The summed E-state index contributed by atoms with van der Waals surface area (Å²) < 4.78 is 41.6. The normalized spacial score (nSPS) is 13.3. The van der Waals surface area contributed by atoms with Crippen LogP contribution in [0.4, 0.5) is 11.4 Å². The predicted octanol–water partition coefficient (Wildman–Crippen LogP) is 5.50. The third-order valence-electron chi connectivity index (χ3n) is 6.57. The minimum Gasteiger partial charge on any atom is -0.457 e. The van der Waals surface area contributed by atoms with Crippen LogP contribution in [-0.4, -0.2) is 34.3 Å². The molecule has 1 amide bonds. The number of hydrogen-bond acceptors (Lipinski definition) is 7. The molecule has 1 aliphatic rings. The first kappa shape index (κ1) is 26.5. The summed E-state index contributed by atoms with van der Waals surface area (Å²) in [6.07, 6.45) is 6.81. The van der Waals surface area contributed by atoms with Crippen molar-refractivity contribution in [1.82, 2.24) is 14.7 Å². The molecule has 1 fully saturated rings. The third-order valence-corrected chi connectivity index (χ3v) is 8.44. The summed E-state index contributed by atoms with van der Waals surface area (Å²) in [6.45, 7) is 7.99. The minimum atomic E-state index is -3.48. The molecule has 10 nitrogen and oxygen atoms in total. The molecule has 11 heteroatoms. The van der Waals surface area contributed by atoms with Crippen LogP contribution in [0.5, 0.6) is 11.5 Å². The number of amides is 1. The van der Waals surface area contributed by atoms with Crippen molar-refractivity contribution in [3.05, 3.63) is 71.6 Å². The van der Waals surface area contributed by atoms with Gasteiger partial charge in [0.05, 0.1) is 23.0 Å². The van der Waals surface area contributed by atoms with Gasteiger partial charge in [0.2, 0.25) is 15.9 Å². The molecule has 0 saturated heterocycles. The van der Waals surface area contributed by atoms with Crippen molar-refractivity contribution in [1.29, 1.82) is 0 Å². The highest BCUT2D eigenvalue weighted by Gasteiger charge is 2.36. The fraction of sp³-hybridized carbons (Fsp3) is 0.321. The van der Waals surface area contributed by atoms with Crippen LogP contribution in [0.1, 0.15) is 41.8 Å². The maximum absolute atomic E-state index is 12.7. The van der Waals surface area contributed by atoms with Crippen LogP contribution in [0.25, 0.3) is 11.1 Å². The molecule has 0 aliphatic heterocycles. The van der Waals surface area contributed by atoms with Gasteiger partial charge < -0.3 is 19.1 Å². The first-order valence-corrected chi connectivity index (χ1v) is 14.3. The number of hydrogen-bond donors (Lipinski definition) is 2. The lowest BCUT2D eigenvalue weighted by molar-refractivity contribution is -0.116. The number of nitrogens with zero attached hydrogens (tertiary/aromatic N) is 3. The topological polar surface area (TPSA) is 128 Å². The zero-order valence-electron chi connectivity index (χ0n) is 22.3. The van der Waals surface area contributed by atoms with E-state index < -0.39 is 10.0 Å². The van der Waals surface area contributed by atoms with E-state index in [1.54, 1.807) is 24.7 Å². The van der Waals surface area contributed by atoms with Crippen molar-refractivity contribution in [2.75, 3.05) is 10.0 Å². The summed E-state index contributed by atoms with van der Waals surface area (Å²) in [7, 11) is -3.48. The Labute approximate surface area is 227 Å². The molecule has 1 saturated carbocycles. The van der Waals surface area contributed by atoms with Crippen LogP contribution in [0.3, 0.4) is 0 Å². The molecule has 0 atom stereocenters. The molecular weight excluding hydrogens is 518 g/mol. The number of carbonyl (C=O) groups is 1. The molecule has 0 bridgehead atoms. The van der Waals surface area contributed by atoms with Crippen LogP contribution in [0, 0.1) is 27.7 Å². The molecule has 0 spiro atoms. The molecule has 2 aromatic heterocycles.